The van der Waals surface area contributed by atoms with Crippen LogP contribution in [-0.2, 0) is 16.0 Å². The fraction of sp³-hybridized carbons (Fsp3) is 0.474. The maximum absolute atomic E-state index is 12.6. The molecule has 1 aromatic carbocycles. The molecule has 1 atom stereocenters. The zero-order chi connectivity index (χ0) is 18.8. The normalized spacial score (nSPS) is 17.2. The molecule has 1 unspecified atom stereocenters. The number of hydrogen-bond donors (Lipinski definition) is 1. The summed E-state index contributed by atoms with van der Waals surface area (Å²) < 4.78 is 0. The van der Waals surface area contributed by atoms with Crippen LogP contribution in [0.3, 0.4) is 0 Å². The maximum atomic E-state index is 12.6. The number of aromatic nitrogens is 2. The second kappa shape index (κ2) is 7.53. The number of hydrogen-bond acceptors (Lipinski definition) is 5. The molecule has 138 valence electrons. The Morgan fingerprint density at radius 1 is 1.27 bits per heavy atom. The summed E-state index contributed by atoms with van der Waals surface area (Å²) in [6.07, 6.45) is 1.06. The first kappa shape index (κ1) is 18.5. The van der Waals surface area contributed by atoms with Crippen molar-refractivity contribution in [3.8, 4) is 0 Å². The summed E-state index contributed by atoms with van der Waals surface area (Å²) in [5.74, 6) is -0.0727. The Bertz CT molecular complexity index is 810. The van der Waals surface area contributed by atoms with E-state index >= 15 is 0 Å². The number of carbonyl (C=O) groups is 2. The Hall–Kier alpha value is -2.28. The first-order valence-electron chi connectivity index (χ1n) is 8.83. The van der Waals surface area contributed by atoms with Gasteiger partial charge in [-0.15, -0.1) is 10.2 Å². The SMILES string of the molecule is Cc1cc(C)cc(N2CC(C(=O)Nc3nnc(CC(C)C)s3)CC2=O)c1. The van der Waals surface area contributed by atoms with Crippen molar-refractivity contribution in [1.82, 2.24) is 10.2 Å². The second-order valence-corrected chi connectivity index (χ2v) is 8.40. The molecule has 1 aliphatic heterocycles. The Labute approximate surface area is 157 Å². The molecule has 0 bridgehead atoms. The van der Waals surface area contributed by atoms with Crippen LogP contribution in [0.15, 0.2) is 18.2 Å². The van der Waals surface area contributed by atoms with Crippen LogP contribution in [0.25, 0.3) is 0 Å². The van der Waals surface area contributed by atoms with Gasteiger partial charge in [0.05, 0.1) is 5.92 Å². The van der Waals surface area contributed by atoms with Gasteiger partial charge >= 0.3 is 0 Å². The van der Waals surface area contributed by atoms with Crippen LogP contribution in [0, 0.1) is 25.7 Å². The van der Waals surface area contributed by atoms with Crippen LogP contribution in [0.5, 0.6) is 0 Å². The van der Waals surface area contributed by atoms with E-state index in [0.29, 0.717) is 17.6 Å². The first-order chi connectivity index (χ1) is 12.3. The van der Waals surface area contributed by atoms with Crippen molar-refractivity contribution in [2.45, 2.75) is 40.5 Å². The summed E-state index contributed by atoms with van der Waals surface area (Å²) in [5, 5.41) is 12.4. The van der Waals surface area contributed by atoms with Crippen molar-refractivity contribution in [3.63, 3.8) is 0 Å². The molecule has 7 heteroatoms. The topological polar surface area (TPSA) is 75.2 Å². The van der Waals surface area contributed by atoms with Gasteiger partial charge in [0, 0.05) is 25.1 Å². The fourth-order valence-corrected chi connectivity index (χ4v) is 4.14. The smallest absolute Gasteiger partial charge is 0.231 e. The third-order valence-electron chi connectivity index (χ3n) is 4.29. The highest BCUT2D eigenvalue weighted by Gasteiger charge is 2.35. The number of carbonyl (C=O) groups excluding carboxylic acids is 2. The fourth-order valence-electron chi connectivity index (χ4n) is 3.18. The molecule has 26 heavy (non-hydrogen) atoms. The van der Waals surface area contributed by atoms with Crippen molar-refractivity contribution in [2.24, 2.45) is 11.8 Å². The van der Waals surface area contributed by atoms with E-state index in [1.165, 1.54) is 11.3 Å². The average molecular weight is 372 g/mol. The van der Waals surface area contributed by atoms with Gasteiger partial charge in [0.25, 0.3) is 0 Å². The number of anilines is 2. The molecule has 1 fully saturated rings. The van der Waals surface area contributed by atoms with Gasteiger partial charge in [-0.3, -0.25) is 9.59 Å². The highest BCUT2D eigenvalue weighted by molar-refractivity contribution is 7.15. The number of rotatable bonds is 5. The molecular formula is C19H24N4O2S. The van der Waals surface area contributed by atoms with E-state index in [9.17, 15) is 9.59 Å². The summed E-state index contributed by atoms with van der Waals surface area (Å²) in [6.45, 7) is 8.64. The zero-order valence-electron chi connectivity index (χ0n) is 15.6. The molecule has 6 nitrogen and oxygen atoms in total. The maximum Gasteiger partial charge on any atom is 0.231 e. The van der Waals surface area contributed by atoms with E-state index in [1.54, 1.807) is 4.90 Å². The Morgan fingerprint density at radius 2 is 1.96 bits per heavy atom. The van der Waals surface area contributed by atoms with Crippen molar-refractivity contribution >= 4 is 34.0 Å². The highest BCUT2D eigenvalue weighted by atomic mass is 32.1. The molecule has 0 spiro atoms. The molecular weight excluding hydrogens is 348 g/mol. The monoisotopic (exact) mass is 372 g/mol. The standard InChI is InChI=1S/C19H24N4O2S/c1-11(2)5-16-21-22-19(26-16)20-18(25)14-9-17(24)23(10-14)15-7-12(3)6-13(4)8-15/h6-8,11,14H,5,9-10H2,1-4H3,(H,20,22,25). The number of aryl methyl sites for hydroxylation is 2. The molecule has 0 saturated carbocycles. The quantitative estimate of drug-likeness (QED) is 0.873. The Morgan fingerprint density at radius 3 is 2.62 bits per heavy atom. The van der Waals surface area contributed by atoms with Crippen LogP contribution in [0.4, 0.5) is 10.8 Å². The number of amides is 2. The minimum Gasteiger partial charge on any atom is -0.312 e. The van der Waals surface area contributed by atoms with E-state index in [0.717, 1.165) is 28.2 Å². The van der Waals surface area contributed by atoms with E-state index < -0.39 is 0 Å². The molecule has 2 amide bonds. The van der Waals surface area contributed by atoms with E-state index in [-0.39, 0.29) is 24.2 Å². The highest BCUT2D eigenvalue weighted by Crippen LogP contribution is 2.28. The lowest BCUT2D eigenvalue weighted by Gasteiger charge is -2.18. The van der Waals surface area contributed by atoms with E-state index in [2.05, 4.69) is 35.4 Å². The van der Waals surface area contributed by atoms with E-state index in [4.69, 9.17) is 0 Å². The molecule has 1 saturated heterocycles. The lowest BCUT2D eigenvalue weighted by atomic mass is 10.1. The molecule has 2 heterocycles. The van der Waals surface area contributed by atoms with Crippen LogP contribution < -0.4 is 10.2 Å². The second-order valence-electron chi connectivity index (χ2n) is 7.34. The van der Waals surface area contributed by atoms with Crippen LogP contribution >= 0.6 is 11.3 Å². The zero-order valence-corrected chi connectivity index (χ0v) is 16.4. The first-order valence-corrected chi connectivity index (χ1v) is 9.65. The van der Waals surface area contributed by atoms with Crippen molar-refractivity contribution in [1.29, 1.82) is 0 Å². The number of benzene rings is 1. The molecule has 0 radical (unpaired) electrons. The van der Waals surface area contributed by atoms with Gasteiger partial charge in [0.1, 0.15) is 5.01 Å². The van der Waals surface area contributed by atoms with Gasteiger partial charge in [-0.05, 0) is 43.0 Å². The van der Waals surface area contributed by atoms with Gasteiger partial charge in [0.15, 0.2) is 0 Å². The van der Waals surface area contributed by atoms with Crippen molar-refractivity contribution < 1.29 is 9.59 Å². The number of nitrogens with one attached hydrogen (secondary N) is 1. The lowest BCUT2D eigenvalue weighted by molar-refractivity contribution is -0.122. The van der Waals surface area contributed by atoms with Gasteiger partial charge in [-0.1, -0.05) is 31.3 Å². The average Bonchev–Trinajstić information content (AvgIpc) is 3.12. The Balaban J connectivity index is 1.66. The molecule has 1 aliphatic rings. The lowest BCUT2D eigenvalue weighted by Crippen LogP contribution is -2.28. The predicted molar refractivity (Wildman–Crippen MR) is 103 cm³/mol. The predicted octanol–water partition coefficient (Wildman–Crippen LogP) is 3.35. The molecule has 1 N–H and O–H groups in total. The molecule has 3 rings (SSSR count). The summed E-state index contributed by atoms with van der Waals surface area (Å²) in [5.41, 5.74) is 3.07. The third kappa shape index (κ3) is 4.27. The summed E-state index contributed by atoms with van der Waals surface area (Å²) in [7, 11) is 0. The van der Waals surface area contributed by atoms with E-state index in [1.807, 2.05) is 26.0 Å². The minimum absolute atomic E-state index is 0.0205. The Kier molecular flexibility index (Phi) is 5.36. The summed E-state index contributed by atoms with van der Waals surface area (Å²) in [6, 6.07) is 6.03. The third-order valence-corrected chi connectivity index (χ3v) is 5.15. The van der Waals surface area contributed by atoms with Gasteiger partial charge in [0.2, 0.25) is 16.9 Å². The van der Waals surface area contributed by atoms with Gasteiger partial charge in [-0.25, -0.2) is 0 Å². The van der Waals surface area contributed by atoms with Gasteiger partial charge < -0.3 is 10.2 Å². The van der Waals surface area contributed by atoms with Gasteiger partial charge in [-0.2, -0.15) is 0 Å². The molecule has 1 aromatic heterocycles. The van der Waals surface area contributed by atoms with Crippen LogP contribution in [0.2, 0.25) is 0 Å². The summed E-state index contributed by atoms with van der Waals surface area (Å²) >= 11 is 1.40. The van der Waals surface area contributed by atoms with Crippen LogP contribution in [-0.4, -0.2) is 28.6 Å². The van der Waals surface area contributed by atoms with Crippen LogP contribution in [0.1, 0.15) is 36.4 Å². The minimum atomic E-state index is -0.374. The summed E-state index contributed by atoms with van der Waals surface area (Å²) in [4.78, 5) is 26.7. The largest absolute Gasteiger partial charge is 0.312 e. The molecule has 0 aliphatic carbocycles. The number of nitrogens with zero attached hydrogens (tertiary/aromatic N) is 3. The van der Waals surface area contributed by atoms with Crippen molar-refractivity contribution in [2.75, 3.05) is 16.8 Å². The van der Waals surface area contributed by atoms with Crippen molar-refractivity contribution in [3.05, 3.63) is 34.3 Å². The molecule has 2 aromatic rings.